The number of benzene rings is 8. The van der Waals surface area contributed by atoms with Gasteiger partial charge in [0.05, 0.1) is 28.1 Å². The quantitative estimate of drug-likeness (QED) is 0.170. The molecule has 270 valence electrons. The van der Waals surface area contributed by atoms with Crippen LogP contribution in [0.15, 0.2) is 199 Å². The predicted molar refractivity (Wildman–Crippen MR) is 236 cm³/mol. The molecular formula is C53H32N4O. The molecule has 0 N–H and O–H groups in total. The molecule has 58 heavy (non-hydrogen) atoms. The van der Waals surface area contributed by atoms with Gasteiger partial charge in [-0.3, -0.25) is 0 Å². The van der Waals surface area contributed by atoms with Crippen LogP contribution in [-0.2, 0) is 0 Å². The van der Waals surface area contributed by atoms with E-state index in [-0.39, 0.29) is 0 Å². The minimum absolute atomic E-state index is 0.429. The van der Waals surface area contributed by atoms with Crippen molar-refractivity contribution >= 4 is 43.7 Å². The lowest BCUT2D eigenvalue weighted by atomic mass is 9.90. The number of nitrogens with zero attached hydrogens (tertiary/aromatic N) is 4. The molecule has 0 fully saturated rings. The second-order valence-corrected chi connectivity index (χ2v) is 14.4. The average Bonchev–Trinajstić information content (AvgIpc) is 3.85. The van der Waals surface area contributed by atoms with E-state index in [1.807, 2.05) is 78.9 Å². The molecule has 0 aliphatic carbocycles. The van der Waals surface area contributed by atoms with Crippen LogP contribution in [0.25, 0.3) is 106 Å². The summed E-state index contributed by atoms with van der Waals surface area (Å²) in [5.41, 5.74) is 12.9. The van der Waals surface area contributed by atoms with Gasteiger partial charge in [0.15, 0.2) is 11.4 Å². The van der Waals surface area contributed by atoms with Gasteiger partial charge >= 0.3 is 0 Å². The first-order chi connectivity index (χ1) is 28.8. The molecule has 5 heteroatoms. The SMILES string of the molecule is N#Cc1c(-c2ccccc2)nc(-c2ccc(-c3ccccc3)c(-n3c4ccccc4c4ccc5c6ccccc6oc5c43)c2-c2ccccc2)nc1-c1ccccc1. The van der Waals surface area contributed by atoms with Crippen molar-refractivity contribution in [3.05, 3.63) is 200 Å². The Bertz CT molecular complexity index is 3320. The number of furan rings is 1. The average molecular weight is 741 g/mol. The highest BCUT2D eigenvalue weighted by Gasteiger charge is 2.27. The maximum absolute atomic E-state index is 10.7. The first-order valence-electron chi connectivity index (χ1n) is 19.3. The Morgan fingerprint density at radius 2 is 0.966 bits per heavy atom. The second-order valence-electron chi connectivity index (χ2n) is 14.4. The molecule has 11 aromatic rings. The van der Waals surface area contributed by atoms with Crippen molar-refractivity contribution in [2.75, 3.05) is 0 Å². The van der Waals surface area contributed by atoms with E-state index in [1.54, 1.807) is 0 Å². The molecule has 0 saturated heterocycles. The first-order valence-corrected chi connectivity index (χ1v) is 19.3. The number of aromatic nitrogens is 3. The van der Waals surface area contributed by atoms with Gasteiger partial charge in [-0.1, -0.05) is 170 Å². The summed E-state index contributed by atoms with van der Waals surface area (Å²) in [6, 6.07) is 69.0. The summed E-state index contributed by atoms with van der Waals surface area (Å²) in [5, 5.41) is 15.1. The molecule has 0 unspecified atom stereocenters. The molecule has 0 aliphatic heterocycles. The number of hydrogen-bond donors (Lipinski definition) is 0. The van der Waals surface area contributed by atoms with E-state index in [2.05, 4.69) is 126 Å². The second kappa shape index (κ2) is 13.6. The standard InChI is InChI=1S/C53H32N4O/c54-33-44-48(36-21-9-3-10-22-36)55-53(56-49(44)37-23-11-4-12-24-37)43-32-29-38(34-17-5-1-6-18-34)50(47(43)35-19-7-2-8-20-35)57-45-27-15-13-25-39(45)41-30-31-42-40-26-14-16-28-46(40)58-52(42)51(41)57/h1-32H. The fourth-order valence-corrected chi connectivity index (χ4v) is 8.52. The number of para-hydroxylation sites is 2. The lowest BCUT2D eigenvalue weighted by Gasteiger charge is -2.22. The van der Waals surface area contributed by atoms with Gasteiger partial charge in [0.1, 0.15) is 17.2 Å². The van der Waals surface area contributed by atoms with E-state index in [4.69, 9.17) is 14.4 Å². The molecule has 0 bridgehead atoms. The molecule has 5 nitrogen and oxygen atoms in total. The fourth-order valence-electron chi connectivity index (χ4n) is 8.52. The molecule has 0 saturated carbocycles. The maximum atomic E-state index is 10.7. The van der Waals surface area contributed by atoms with Gasteiger partial charge in [0.2, 0.25) is 0 Å². The van der Waals surface area contributed by atoms with E-state index in [1.165, 1.54) is 0 Å². The van der Waals surface area contributed by atoms with E-state index in [0.29, 0.717) is 22.8 Å². The Kier molecular flexibility index (Phi) is 7.80. The number of nitriles is 1. The van der Waals surface area contributed by atoms with Crippen molar-refractivity contribution in [1.29, 1.82) is 5.26 Å². The Hall–Kier alpha value is -8.07. The Labute approximate surface area is 334 Å². The van der Waals surface area contributed by atoms with Gasteiger partial charge in [-0.2, -0.15) is 5.26 Å². The summed E-state index contributed by atoms with van der Waals surface area (Å²) < 4.78 is 9.23. The van der Waals surface area contributed by atoms with Gasteiger partial charge in [-0.15, -0.1) is 0 Å². The third-order valence-electron chi connectivity index (χ3n) is 11.1. The Morgan fingerprint density at radius 1 is 0.448 bits per heavy atom. The normalized spacial score (nSPS) is 11.4. The highest BCUT2D eigenvalue weighted by atomic mass is 16.3. The summed E-state index contributed by atoms with van der Waals surface area (Å²) >= 11 is 0. The molecule has 0 amide bonds. The zero-order chi connectivity index (χ0) is 38.6. The lowest BCUT2D eigenvalue weighted by molar-refractivity contribution is 0.671. The monoisotopic (exact) mass is 740 g/mol. The zero-order valence-corrected chi connectivity index (χ0v) is 31.2. The predicted octanol–water partition coefficient (Wildman–Crippen LogP) is 13.7. The van der Waals surface area contributed by atoms with E-state index in [0.717, 1.165) is 88.4 Å². The summed E-state index contributed by atoms with van der Waals surface area (Å²) in [5.74, 6) is 0.520. The van der Waals surface area contributed by atoms with Crippen molar-refractivity contribution < 1.29 is 4.42 Å². The zero-order valence-electron chi connectivity index (χ0n) is 31.2. The van der Waals surface area contributed by atoms with Crippen LogP contribution in [0.5, 0.6) is 0 Å². The Balaban J connectivity index is 1.34. The number of fused-ring (bicyclic) bond motifs is 7. The maximum Gasteiger partial charge on any atom is 0.161 e. The number of rotatable bonds is 6. The number of hydrogen-bond acceptors (Lipinski definition) is 4. The van der Waals surface area contributed by atoms with E-state index < -0.39 is 0 Å². The van der Waals surface area contributed by atoms with Gasteiger partial charge in [0.25, 0.3) is 0 Å². The molecule has 0 spiro atoms. The molecule has 8 aromatic carbocycles. The van der Waals surface area contributed by atoms with Crippen LogP contribution in [0.4, 0.5) is 0 Å². The highest BCUT2D eigenvalue weighted by Crippen LogP contribution is 2.48. The minimum Gasteiger partial charge on any atom is -0.454 e. The van der Waals surface area contributed by atoms with Crippen LogP contribution in [-0.4, -0.2) is 14.5 Å². The summed E-state index contributed by atoms with van der Waals surface area (Å²) in [7, 11) is 0. The van der Waals surface area contributed by atoms with Crippen LogP contribution >= 0.6 is 0 Å². The summed E-state index contributed by atoms with van der Waals surface area (Å²) in [6.45, 7) is 0. The molecular weight excluding hydrogens is 709 g/mol. The van der Waals surface area contributed by atoms with Crippen LogP contribution in [0.1, 0.15) is 5.56 Å². The van der Waals surface area contributed by atoms with Crippen molar-refractivity contribution in [2.24, 2.45) is 0 Å². The molecule has 0 aliphatic rings. The van der Waals surface area contributed by atoms with Crippen molar-refractivity contribution in [1.82, 2.24) is 14.5 Å². The summed E-state index contributed by atoms with van der Waals surface area (Å²) in [4.78, 5) is 10.6. The van der Waals surface area contributed by atoms with Crippen molar-refractivity contribution in [3.8, 4) is 67.9 Å². The van der Waals surface area contributed by atoms with Crippen LogP contribution in [0.3, 0.4) is 0 Å². The van der Waals surface area contributed by atoms with E-state index >= 15 is 0 Å². The van der Waals surface area contributed by atoms with E-state index in [9.17, 15) is 5.26 Å². The van der Waals surface area contributed by atoms with Crippen LogP contribution in [0.2, 0.25) is 0 Å². The highest BCUT2D eigenvalue weighted by molar-refractivity contribution is 6.22. The molecule has 3 heterocycles. The van der Waals surface area contributed by atoms with Crippen molar-refractivity contribution in [3.63, 3.8) is 0 Å². The molecule has 0 atom stereocenters. The topological polar surface area (TPSA) is 67.6 Å². The largest absolute Gasteiger partial charge is 0.454 e. The Morgan fingerprint density at radius 3 is 1.60 bits per heavy atom. The third-order valence-corrected chi connectivity index (χ3v) is 11.1. The molecule has 0 radical (unpaired) electrons. The van der Waals surface area contributed by atoms with Gasteiger partial charge in [-0.05, 0) is 35.4 Å². The van der Waals surface area contributed by atoms with Gasteiger partial charge in [-0.25, -0.2) is 9.97 Å². The lowest BCUT2D eigenvalue weighted by Crippen LogP contribution is -2.06. The summed E-state index contributed by atoms with van der Waals surface area (Å²) in [6.07, 6.45) is 0. The van der Waals surface area contributed by atoms with Crippen molar-refractivity contribution in [2.45, 2.75) is 0 Å². The fraction of sp³-hybridized carbons (Fsp3) is 0. The smallest absolute Gasteiger partial charge is 0.161 e. The molecule has 11 rings (SSSR count). The van der Waals surface area contributed by atoms with Gasteiger partial charge < -0.3 is 8.98 Å². The molecule has 3 aromatic heterocycles. The third kappa shape index (κ3) is 5.24. The minimum atomic E-state index is 0.429. The van der Waals surface area contributed by atoms with Gasteiger partial charge in [0, 0.05) is 49.4 Å². The first kappa shape index (κ1) is 33.3. The van der Waals surface area contributed by atoms with Crippen LogP contribution < -0.4 is 0 Å². The van der Waals surface area contributed by atoms with Crippen LogP contribution in [0, 0.1) is 11.3 Å².